The second-order valence-corrected chi connectivity index (χ2v) is 5.66. The van der Waals surface area contributed by atoms with Crippen molar-refractivity contribution in [3.8, 4) is 0 Å². The molecule has 1 aliphatic rings. The van der Waals surface area contributed by atoms with Crippen molar-refractivity contribution in [3.05, 3.63) is 29.8 Å². The zero-order chi connectivity index (χ0) is 17.7. The molecule has 1 aromatic rings. The molecule has 1 saturated heterocycles. The first kappa shape index (κ1) is 18.3. The number of anilines is 1. The molecule has 132 valence electrons. The number of carbonyl (C=O) groups excluding carboxylic acids is 2. The summed E-state index contributed by atoms with van der Waals surface area (Å²) in [6.45, 7) is 2.17. The zero-order valence-corrected chi connectivity index (χ0v) is 13.2. The summed E-state index contributed by atoms with van der Waals surface area (Å²) in [5.74, 6) is -0.726. The fourth-order valence-corrected chi connectivity index (χ4v) is 2.45. The molecule has 1 aromatic carbocycles. The summed E-state index contributed by atoms with van der Waals surface area (Å²) in [6, 6.07) is 4.15. The Balaban J connectivity index is 1.91. The number of rotatable bonds is 5. The van der Waals surface area contributed by atoms with Crippen LogP contribution in [0.15, 0.2) is 24.3 Å². The lowest BCUT2D eigenvalue weighted by atomic mass is 10.2. The molecule has 1 heterocycles. The maximum Gasteiger partial charge on any atom is 0.416 e. The van der Waals surface area contributed by atoms with Crippen LogP contribution in [0.2, 0.25) is 0 Å². The molecule has 1 unspecified atom stereocenters. The van der Waals surface area contributed by atoms with Crippen LogP contribution in [0.1, 0.15) is 25.3 Å². The summed E-state index contributed by atoms with van der Waals surface area (Å²) >= 11 is 0. The highest BCUT2D eigenvalue weighted by molar-refractivity contribution is 5.94. The number of carbonyl (C=O) groups is 2. The van der Waals surface area contributed by atoms with E-state index in [0.29, 0.717) is 13.2 Å². The average Bonchev–Trinajstić information content (AvgIpc) is 2.99. The second-order valence-electron chi connectivity index (χ2n) is 5.66. The van der Waals surface area contributed by atoms with Crippen LogP contribution < -0.4 is 5.32 Å². The Morgan fingerprint density at radius 3 is 2.46 bits per heavy atom. The van der Waals surface area contributed by atoms with Gasteiger partial charge in [0, 0.05) is 25.8 Å². The summed E-state index contributed by atoms with van der Waals surface area (Å²) in [5, 5.41) is 2.49. The van der Waals surface area contributed by atoms with Crippen LogP contribution in [0.5, 0.6) is 0 Å². The molecule has 0 saturated carbocycles. The molecular weight excluding hydrogens is 325 g/mol. The van der Waals surface area contributed by atoms with Gasteiger partial charge >= 0.3 is 6.18 Å². The molecule has 0 radical (unpaired) electrons. The van der Waals surface area contributed by atoms with Crippen molar-refractivity contribution >= 4 is 17.5 Å². The molecule has 24 heavy (non-hydrogen) atoms. The average molecular weight is 344 g/mol. The van der Waals surface area contributed by atoms with Crippen LogP contribution >= 0.6 is 0 Å². The van der Waals surface area contributed by atoms with Crippen molar-refractivity contribution in [3.63, 3.8) is 0 Å². The van der Waals surface area contributed by atoms with Crippen LogP contribution in [-0.4, -0.2) is 42.5 Å². The number of ether oxygens (including phenoxy) is 1. The zero-order valence-electron chi connectivity index (χ0n) is 13.2. The predicted octanol–water partition coefficient (Wildman–Crippen LogP) is 2.67. The maximum absolute atomic E-state index is 12.5. The Morgan fingerprint density at radius 2 is 1.96 bits per heavy atom. The van der Waals surface area contributed by atoms with Crippen LogP contribution in [0.3, 0.4) is 0 Å². The SMILES string of the molecule is CC(=O)N(CC(=O)Nc1ccc(C(F)(F)F)cc1)CC1CCCO1. The summed E-state index contributed by atoms with van der Waals surface area (Å²) in [7, 11) is 0. The monoisotopic (exact) mass is 344 g/mol. The lowest BCUT2D eigenvalue weighted by molar-refractivity contribution is -0.137. The first-order valence-electron chi connectivity index (χ1n) is 7.60. The summed E-state index contributed by atoms with van der Waals surface area (Å²) in [6.07, 6.45) is -2.74. The van der Waals surface area contributed by atoms with Crippen molar-refractivity contribution < 1.29 is 27.5 Å². The van der Waals surface area contributed by atoms with E-state index in [1.165, 1.54) is 24.0 Å². The largest absolute Gasteiger partial charge is 0.416 e. The van der Waals surface area contributed by atoms with Crippen molar-refractivity contribution in [2.75, 3.05) is 25.0 Å². The summed E-state index contributed by atoms with van der Waals surface area (Å²) in [5.41, 5.74) is -0.544. The molecule has 0 aromatic heterocycles. The Kier molecular flexibility index (Phi) is 5.82. The van der Waals surface area contributed by atoms with E-state index >= 15 is 0 Å². The van der Waals surface area contributed by atoms with Gasteiger partial charge in [0.25, 0.3) is 0 Å². The molecule has 0 aliphatic carbocycles. The first-order valence-corrected chi connectivity index (χ1v) is 7.60. The number of nitrogens with one attached hydrogen (secondary N) is 1. The third-order valence-corrected chi connectivity index (χ3v) is 3.72. The fraction of sp³-hybridized carbons (Fsp3) is 0.500. The topological polar surface area (TPSA) is 58.6 Å². The molecule has 1 aliphatic heterocycles. The van der Waals surface area contributed by atoms with Crippen LogP contribution in [0.25, 0.3) is 0 Å². The van der Waals surface area contributed by atoms with Crippen molar-refractivity contribution in [2.45, 2.75) is 32.0 Å². The van der Waals surface area contributed by atoms with Gasteiger partial charge in [-0.05, 0) is 37.1 Å². The number of hydrogen-bond acceptors (Lipinski definition) is 3. The van der Waals surface area contributed by atoms with Crippen LogP contribution in [0.4, 0.5) is 18.9 Å². The van der Waals surface area contributed by atoms with E-state index in [2.05, 4.69) is 5.32 Å². The standard InChI is InChI=1S/C16H19F3N2O3/c1-11(22)21(9-14-3-2-8-24-14)10-15(23)20-13-6-4-12(5-7-13)16(17,18)19/h4-7,14H,2-3,8-10H2,1H3,(H,20,23). The highest BCUT2D eigenvalue weighted by atomic mass is 19.4. The molecule has 0 spiro atoms. The molecule has 2 rings (SSSR count). The lowest BCUT2D eigenvalue weighted by Gasteiger charge is -2.23. The van der Waals surface area contributed by atoms with Gasteiger partial charge in [-0.3, -0.25) is 9.59 Å². The van der Waals surface area contributed by atoms with E-state index in [4.69, 9.17) is 4.74 Å². The van der Waals surface area contributed by atoms with E-state index in [0.717, 1.165) is 25.0 Å². The number of hydrogen-bond donors (Lipinski definition) is 1. The van der Waals surface area contributed by atoms with Gasteiger partial charge in [0.15, 0.2) is 0 Å². The maximum atomic E-state index is 12.5. The molecule has 1 N–H and O–H groups in total. The minimum atomic E-state index is -4.42. The molecule has 1 fully saturated rings. The van der Waals surface area contributed by atoms with E-state index in [-0.39, 0.29) is 24.2 Å². The quantitative estimate of drug-likeness (QED) is 0.893. The highest BCUT2D eigenvalue weighted by Gasteiger charge is 2.30. The van der Waals surface area contributed by atoms with E-state index < -0.39 is 17.6 Å². The van der Waals surface area contributed by atoms with E-state index in [1.807, 2.05) is 0 Å². The third kappa shape index (κ3) is 5.23. The second kappa shape index (κ2) is 7.65. The molecule has 8 heteroatoms. The molecule has 2 amide bonds. The predicted molar refractivity (Wildman–Crippen MR) is 81.3 cm³/mol. The normalized spacial score (nSPS) is 17.6. The van der Waals surface area contributed by atoms with Crippen molar-refractivity contribution in [2.24, 2.45) is 0 Å². The Hall–Kier alpha value is -2.09. The number of alkyl halides is 3. The van der Waals surface area contributed by atoms with Gasteiger partial charge < -0.3 is 15.0 Å². The van der Waals surface area contributed by atoms with Crippen molar-refractivity contribution in [1.29, 1.82) is 0 Å². The van der Waals surface area contributed by atoms with E-state index in [1.54, 1.807) is 0 Å². The third-order valence-electron chi connectivity index (χ3n) is 3.72. The number of halogens is 3. The highest BCUT2D eigenvalue weighted by Crippen LogP contribution is 2.29. The van der Waals surface area contributed by atoms with Crippen LogP contribution in [-0.2, 0) is 20.5 Å². The summed E-state index contributed by atoms with van der Waals surface area (Å²) < 4.78 is 42.9. The number of benzene rings is 1. The Labute approximate surface area is 137 Å². The Bertz CT molecular complexity index is 581. The smallest absolute Gasteiger partial charge is 0.376 e. The van der Waals surface area contributed by atoms with Gasteiger partial charge in [0.2, 0.25) is 11.8 Å². The fourth-order valence-electron chi connectivity index (χ4n) is 2.45. The number of nitrogens with zero attached hydrogens (tertiary/aromatic N) is 1. The van der Waals surface area contributed by atoms with Gasteiger partial charge in [-0.25, -0.2) is 0 Å². The van der Waals surface area contributed by atoms with Gasteiger partial charge in [-0.15, -0.1) is 0 Å². The van der Waals surface area contributed by atoms with Gasteiger partial charge in [0.1, 0.15) is 0 Å². The van der Waals surface area contributed by atoms with E-state index in [9.17, 15) is 22.8 Å². The van der Waals surface area contributed by atoms with Gasteiger partial charge in [-0.1, -0.05) is 0 Å². The van der Waals surface area contributed by atoms with Gasteiger partial charge in [0.05, 0.1) is 18.2 Å². The number of amides is 2. The lowest BCUT2D eigenvalue weighted by Crippen LogP contribution is -2.41. The van der Waals surface area contributed by atoms with Gasteiger partial charge in [-0.2, -0.15) is 13.2 Å². The first-order chi connectivity index (χ1) is 11.3. The van der Waals surface area contributed by atoms with Crippen molar-refractivity contribution in [1.82, 2.24) is 4.90 Å². The minimum absolute atomic E-state index is 0.0761. The molecule has 5 nitrogen and oxygen atoms in total. The minimum Gasteiger partial charge on any atom is -0.376 e. The van der Waals surface area contributed by atoms with Crippen LogP contribution in [0, 0.1) is 0 Å². The molecular formula is C16H19F3N2O3. The molecule has 0 bridgehead atoms. The Morgan fingerprint density at radius 1 is 1.29 bits per heavy atom. The summed E-state index contributed by atoms with van der Waals surface area (Å²) in [4.78, 5) is 25.0. The molecule has 1 atom stereocenters.